The molecule has 3 rings (SSSR count). The molecule has 0 aliphatic heterocycles. The lowest BCUT2D eigenvalue weighted by atomic mass is 9.54. The lowest BCUT2D eigenvalue weighted by Crippen LogP contribution is -2.55. The van der Waals surface area contributed by atoms with Crippen LogP contribution in [-0.4, -0.2) is 34.3 Å². The molecule has 0 saturated heterocycles. The summed E-state index contributed by atoms with van der Waals surface area (Å²) in [4.78, 5) is 19.4. The van der Waals surface area contributed by atoms with E-state index in [2.05, 4.69) is 25.3 Å². The fraction of sp³-hybridized carbons (Fsp3) is 0.688. The SMILES string of the molecule is C[C@@H](Oc1nccc(CNC(=O)NC2CC3(CCC3)C2)n1)C(F)(F)F. The number of amides is 2. The van der Waals surface area contributed by atoms with E-state index in [1.165, 1.54) is 31.5 Å². The normalized spacial score (nSPS) is 20.3. The number of alkyl halides is 3. The van der Waals surface area contributed by atoms with Crippen LogP contribution in [0.4, 0.5) is 18.0 Å². The van der Waals surface area contributed by atoms with Crippen molar-refractivity contribution in [1.82, 2.24) is 20.6 Å². The van der Waals surface area contributed by atoms with Gasteiger partial charge < -0.3 is 15.4 Å². The van der Waals surface area contributed by atoms with Gasteiger partial charge in [0.2, 0.25) is 0 Å². The van der Waals surface area contributed by atoms with Crippen molar-refractivity contribution < 1.29 is 22.7 Å². The van der Waals surface area contributed by atoms with Crippen molar-refractivity contribution in [2.24, 2.45) is 5.41 Å². The highest BCUT2D eigenvalue weighted by Crippen LogP contribution is 2.55. The summed E-state index contributed by atoms with van der Waals surface area (Å²) in [5.41, 5.74) is 0.852. The average Bonchev–Trinajstić information content (AvgIpc) is 2.46. The van der Waals surface area contributed by atoms with Crippen LogP contribution in [0.25, 0.3) is 0 Å². The van der Waals surface area contributed by atoms with Crippen LogP contribution in [0.15, 0.2) is 12.3 Å². The lowest BCUT2D eigenvalue weighted by molar-refractivity contribution is -0.190. The average molecular weight is 358 g/mol. The van der Waals surface area contributed by atoms with E-state index in [4.69, 9.17) is 0 Å². The largest absolute Gasteiger partial charge is 0.451 e. The summed E-state index contributed by atoms with van der Waals surface area (Å²) in [6, 6.07) is 1.05. The zero-order valence-corrected chi connectivity index (χ0v) is 13.9. The molecular weight excluding hydrogens is 337 g/mol. The predicted molar refractivity (Wildman–Crippen MR) is 82.9 cm³/mol. The summed E-state index contributed by atoms with van der Waals surface area (Å²) in [5.74, 6) is 0. The summed E-state index contributed by atoms with van der Waals surface area (Å²) < 4.78 is 42.1. The monoisotopic (exact) mass is 358 g/mol. The summed E-state index contributed by atoms with van der Waals surface area (Å²) in [7, 11) is 0. The molecule has 0 bridgehead atoms. The molecular formula is C16H21F3N4O2. The van der Waals surface area contributed by atoms with Gasteiger partial charge in [-0.05, 0) is 44.1 Å². The Morgan fingerprint density at radius 2 is 2.16 bits per heavy atom. The van der Waals surface area contributed by atoms with E-state index >= 15 is 0 Å². The zero-order chi connectivity index (χ0) is 18.1. The van der Waals surface area contributed by atoms with E-state index in [-0.39, 0.29) is 24.6 Å². The molecule has 2 aliphatic carbocycles. The third-order valence-electron chi connectivity index (χ3n) is 4.97. The molecule has 2 fully saturated rings. The number of nitrogens with zero attached hydrogens (tertiary/aromatic N) is 2. The first kappa shape index (κ1) is 17.8. The van der Waals surface area contributed by atoms with Crippen LogP contribution in [0, 0.1) is 5.41 Å². The van der Waals surface area contributed by atoms with Gasteiger partial charge in [-0.2, -0.15) is 18.2 Å². The van der Waals surface area contributed by atoms with Gasteiger partial charge in [-0.15, -0.1) is 0 Å². The van der Waals surface area contributed by atoms with Crippen molar-refractivity contribution >= 4 is 6.03 Å². The number of hydrogen-bond acceptors (Lipinski definition) is 4. The second-order valence-corrected chi connectivity index (χ2v) is 6.92. The van der Waals surface area contributed by atoms with E-state index in [9.17, 15) is 18.0 Å². The Balaban J connectivity index is 1.43. The highest BCUT2D eigenvalue weighted by atomic mass is 19.4. The molecule has 25 heavy (non-hydrogen) atoms. The Bertz CT molecular complexity index is 626. The van der Waals surface area contributed by atoms with Gasteiger partial charge in [0, 0.05) is 12.2 Å². The molecule has 138 valence electrons. The Hall–Kier alpha value is -2.06. The standard InChI is InChI=1S/C16H21F3N4O2/c1-10(16(17,18)19)25-14-20-6-3-11(23-14)9-21-13(24)22-12-7-15(8-12)4-2-5-15/h3,6,10,12H,2,4-5,7-9H2,1H3,(H2,21,22,24)/t10-/m1/s1. The Labute approximate surface area is 143 Å². The summed E-state index contributed by atoms with van der Waals surface area (Å²) in [6.07, 6.45) is 0.660. The van der Waals surface area contributed by atoms with Gasteiger partial charge in [-0.1, -0.05) is 6.42 Å². The number of carbonyl (C=O) groups excluding carboxylic acids is 1. The van der Waals surface area contributed by atoms with Crippen molar-refractivity contribution in [3.63, 3.8) is 0 Å². The first-order chi connectivity index (χ1) is 11.8. The molecule has 1 atom stereocenters. The zero-order valence-electron chi connectivity index (χ0n) is 13.9. The minimum atomic E-state index is -4.49. The van der Waals surface area contributed by atoms with Crippen LogP contribution in [0.5, 0.6) is 6.01 Å². The molecule has 0 radical (unpaired) electrons. The molecule has 2 amide bonds. The van der Waals surface area contributed by atoms with Crippen LogP contribution < -0.4 is 15.4 Å². The van der Waals surface area contributed by atoms with Crippen molar-refractivity contribution in [3.8, 4) is 6.01 Å². The molecule has 2 aliphatic rings. The fourth-order valence-electron chi connectivity index (χ4n) is 3.34. The number of hydrogen-bond donors (Lipinski definition) is 2. The maximum atomic E-state index is 12.5. The number of rotatable bonds is 5. The maximum Gasteiger partial charge on any atom is 0.425 e. The van der Waals surface area contributed by atoms with Crippen LogP contribution in [0.1, 0.15) is 44.7 Å². The molecule has 0 aromatic carbocycles. The van der Waals surface area contributed by atoms with Crippen LogP contribution >= 0.6 is 0 Å². The van der Waals surface area contributed by atoms with Crippen molar-refractivity contribution in [2.75, 3.05) is 0 Å². The van der Waals surface area contributed by atoms with Gasteiger partial charge in [0.25, 0.3) is 0 Å². The minimum absolute atomic E-state index is 0.0863. The molecule has 1 aromatic heterocycles. The van der Waals surface area contributed by atoms with Gasteiger partial charge >= 0.3 is 18.2 Å². The second-order valence-electron chi connectivity index (χ2n) is 6.92. The van der Waals surface area contributed by atoms with Crippen LogP contribution in [0.3, 0.4) is 0 Å². The number of ether oxygens (including phenoxy) is 1. The quantitative estimate of drug-likeness (QED) is 0.849. The first-order valence-corrected chi connectivity index (χ1v) is 8.35. The van der Waals surface area contributed by atoms with Crippen LogP contribution in [-0.2, 0) is 6.54 Å². The molecule has 1 heterocycles. The smallest absolute Gasteiger partial charge is 0.425 e. The molecule has 1 spiro atoms. The molecule has 0 unspecified atom stereocenters. The molecule has 9 heteroatoms. The Kier molecular flexibility index (Phi) is 4.75. The van der Waals surface area contributed by atoms with Gasteiger partial charge in [0.15, 0.2) is 6.10 Å². The summed E-state index contributed by atoms with van der Waals surface area (Å²) in [5, 5.41) is 5.56. The van der Waals surface area contributed by atoms with E-state index in [1.54, 1.807) is 0 Å². The topological polar surface area (TPSA) is 76.1 Å². The van der Waals surface area contributed by atoms with Crippen LogP contribution in [0.2, 0.25) is 0 Å². The van der Waals surface area contributed by atoms with Gasteiger partial charge in [0.05, 0.1) is 12.2 Å². The number of aromatic nitrogens is 2. The maximum absolute atomic E-state index is 12.5. The van der Waals surface area contributed by atoms with Gasteiger partial charge in [0.1, 0.15) is 0 Å². The Morgan fingerprint density at radius 3 is 2.76 bits per heavy atom. The van der Waals surface area contributed by atoms with Gasteiger partial charge in [-0.25, -0.2) is 9.78 Å². The minimum Gasteiger partial charge on any atom is -0.451 e. The first-order valence-electron chi connectivity index (χ1n) is 8.35. The van der Waals surface area contributed by atoms with Gasteiger partial charge in [-0.3, -0.25) is 0 Å². The van der Waals surface area contributed by atoms with Crippen molar-refractivity contribution in [2.45, 2.75) is 63.9 Å². The molecule has 1 aromatic rings. The van der Waals surface area contributed by atoms with Crippen molar-refractivity contribution in [3.05, 3.63) is 18.0 Å². The molecule has 6 nitrogen and oxygen atoms in total. The molecule has 2 saturated carbocycles. The number of halogens is 3. The summed E-state index contributed by atoms with van der Waals surface area (Å²) >= 11 is 0. The number of urea groups is 1. The van der Waals surface area contributed by atoms with Crippen molar-refractivity contribution in [1.29, 1.82) is 0 Å². The highest BCUT2D eigenvalue weighted by Gasteiger charge is 2.48. The summed E-state index contributed by atoms with van der Waals surface area (Å²) in [6.45, 7) is 0.970. The molecule has 2 N–H and O–H groups in total. The van der Waals surface area contributed by atoms with E-state index in [0.29, 0.717) is 11.1 Å². The fourth-order valence-corrected chi connectivity index (χ4v) is 3.34. The lowest BCUT2D eigenvalue weighted by Gasteiger charge is -2.54. The predicted octanol–water partition coefficient (Wildman–Crippen LogP) is 2.94. The third kappa shape index (κ3) is 4.32. The second kappa shape index (κ2) is 6.68. The van der Waals surface area contributed by atoms with E-state index in [0.717, 1.165) is 19.8 Å². The highest BCUT2D eigenvalue weighted by molar-refractivity contribution is 5.74. The number of carbonyl (C=O) groups is 1. The Morgan fingerprint density at radius 1 is 1.44 bits per heavy atom. The van der Waals surface area contributed by atoms with E-state index in [1.807, 2.05) is 0 Å². The van der Waals surface area contributed by atoms with E-state index < -0.39 is 12.3 Å². The number of nitrogens with one attached hydrogen (secondary N) is 2. The third-order valence-corrected chi connectivity index (χ3v) is 4.97.